The molecule has 3 nitrogen and oxygen atoms in total. The average molecular weight is 184 g/mol. The molecule has 66 valence electrons. The van der Waals surface area contributed by atoms with Gasteiger partial charge in [0.25, 0.3) is 5.91 Å². The highest BCUT2D eigenvalue weighted by molar-refractivity contribution is 6.08. The zero-order chi connectivity index (χ0) is 9.54. The predicted octanol–water partition coefficient (Wildman–Crippen LogP) is 0.654. The molecule has 3 rings (SSSR count). The van der Waals surface area contributed by atoms with Crippen LogP contribution in [0.25, 0.3) is 16.8 Å². The van der Waals surface area contributed by atoms with Crippen molar-refractivity contribution in [2.45, 2.75) is 0 Å². The van der Waals surface area contributed by atoms with Gasteiger partial charge in [-0.2, -0.15) is 4.42 Å². The molecule has 2 aromatic rings. The minimum Gasteiger partial charge on any atom is -0.267 e. The summed E-state index contributed by atoms with van der Waals surface area (Å²) in [7, 11) is 0. The number of carbonyl (C=O) groups is 1. The molecule has 0 bridgehead atoms. The Kier molecular flexibility index (Phi) is 1.31. The van der Waals surface area contributed by atoms with Crippen molar-refractivity contribution in [2.24, 2.45) is 4.99 Å². The number of hydrogen-bond donors (Lipinski definition) is 0. The van der Waals surface area contributed by atoms with Crippen LogP contribution in [-0.4, -0.2) is 5.91 Å². The van der Waals surface area contributed by atoms with E-state index >= 15 is 0 Å². The SMILES string of the molecule is O=C1C=c2c([o+]cc3ccccc23)=N1. The molecule has 3 heteroatoms. The van der Waals surface area contributed by atoms with Crippen molar-refractivity contribution >= 4 is 22.8 Å². The highest BCUT2D eigenvalue weighted by atomic mass is 16.3. The molecule has 0 atom stereocenters. The minimum atomic E-state index is -0.250. The normalized spacial score (nSPS) is 13.6. The Morgan fingerprint density at radius 3 is 3.00 bits per heavy atom. The van der Waals surface area contributed by atoms with Crippen LogP contribution in [0.3, 0.4) is 0 Å². The van der Waals surface area contributed by atoms with Gasteiger partial charge in [0.1, 0.15) is 5.22 Å². The largest absolute Gasteiger partial charge is 0.463 e. The van der Waals surface area contributed by atoms with E-state index in [1.165, 1.54) is 6.08 Å². The number of hydrogen-bond acceptors (Lipinski definition) is 1. The first-order valence-electron chi connectivity index (χ1n) is 4.28. The summed E-state index contributed by atoms with van der Waals surface area (Å²) in [5, 5.41) is 2.77. The standard InChI is InChI=1S/C11H6NO2/c13-10-5-9-8-4-2-1-3-7(8)6-14-11(9)12-10/h1-6H/q+1. The second kappa shape index (κ2) is 2.48. The van der Waals surface area contributed by atoms with Crippen molar-refractivity contribution in [2.75, 3.05) is 0 Å². The van der Waals surface area contributed by atoms with Gasteiger partial charge >= 0.3 is 11.8 Å². The van der Waals surface area contributed by atoms with Gasteiger partial charge in [0.15, 0.2) is 0 Å². The summed E-state index contributed by atoms with van der Waals surface area (Å²) in [6.45, 7) is 0. The van der Waals surface area contributed by atoms with Gasteiger partial charge in [-0.3, -0.25) is 4.79 Å². The molecule has 0 unspecified atom stereocenters. The minimum absolute atomic E-state index is 0.250. The molecule has 0 aliphatic carbocycles. The molecule has 0 spiro atoms. The summed E-state index contributed by atoms with van der Waals surface area (Å²) < 4.78 is 5.23. The van der Waals surface area contributed by atoms with Crippen LogP contribution in [0.5, 0.6) is 0 Å². The summed E-state index contributed by atoms with van der Waals surface area (Å²) in [4.78, 5) is 14.8. The molecule has 0 fully saturated rings. The molecular weight excluding hydrogens is 178 g/mol. The molecule has 1 amide bonds. The van der Waals surface area contributed by atoms with Gasteiger partial charge < -0.3 is 0 Å². The molecule has 14 heavy (non-hydrogen) atoms. The van der Waals surface area contributed by atoms with Crippen LogP contribution < -0.4 is 10.8 Å². The Morgan fingerprint density at radius 1 is 1.21 bits per heavy atom. The van der Waals surface area contributed by atoms with Crippen LogP contribution in [0.4, 0.5) is 0 Å². The number of benzene rings is 1. The van der Waals surface area contributed by atoms with Crippen molar-refractivity contribution in [3.05, 3.63) is 41.3 Å². The predicted molar refractivity (Wildman–Crippen MR) is 50.9 cm³/mol. The summed E-state index contributed by atoms with van der Waals surface area (Å²) in [5.74, 6) is -0.250. The average Bonchev–Trinajstić information content (AvgIpc) is 2.59. The van der Waals surface area contributed by atoms with Gasteiger partial charge in [0.2, 0.25) is 0 Å². The molecule has 0 N–H and O–H groups in total. The van der Waals surface area contributed by atoms with E-state index in [1.807, 2.05) is 24.3 Å². The highest BCUT2D eigenvalue weighted by Crippen LogP contribution is 2.07. The first kappa shape index (κ1) is 7.38. The number of carbonyl (C=O) groups excluding carboxylic acids is 1. The Bertz CT molecular complexity index is 659. The van der Waals surface area contributed by atoms with E-state index in [0.717, 1.165) is 16.0 Å². The Morgan fingerprint density at radius 2 is 2.07 bits per heavy atom. The monoisotopic (exact) mass is 184 g/mol. The first-order chi connectivity index (χ1) is 6.84. The number of rotatable bonds is 0. The lowest BCUT2D eigenvalue weighted by molar-refractivity contribution is -0.112. The molecule has 0 radical (unpaired) electrons. The maximum atomic E-state index is 11.1. The molecule has 0 saturated carbocycles. The smallest absolute Gasteiger partial charge is 0.267 e. The maximum absolute atomic E-state index is 11.1. The van der Waals surface area contributed by atoms with Crippen LogP contribution in [0.2, 0.25) is 0 Å². The molecule has 1 aromatic carbocycles. The topological polar surface area (TPSA) is 40.7 Å². The lowest BCUT2D eigenvalue weighted by Crippen LogP contribution is -2.21. The summed E-state index contributed by atoms with van der Waals surface area (Å²) in [6.07, 6.45) is 3.12. The lowest BCUT2D eigenvalue weighted by atomic mass is 10.1. The summed E-state index contributed by atoms with van der Waals surface area (Å²) >= 11 is 0. The van der Waals surface area contributed by atoms with E-state index < -0.39 is 0 Å². The first-order valence-corrected chi connectivity index (χ1v) is 4.28. The van der Waals surface area contributed by atoms with Crippen molar-refractivity contribution in [3.63, 3.8) is 0 Å². The molecule has 0 saturated heterocycles. The summed E-state index contributed by atoms with van der Waals surface area (Å²) in [6, 6.07) is 7.75. The fourth-order valence-electron chi connectivity index (χ4n) is 1.62. The van der Waals surface area contributed by atoms with Gasteiger partial charge in [-0.05, 0) is 6.07 Å². The van der Waals surface area contributed by atoms with Crippen LogP contribution in [0.1, 0.15) is 0 Å². The van der Waals surface area contributed by atoms with Crippen molar-refractivity contribution in [1.82, 2.24) is 0 Å². The molecule has 1 aliphatic heterocycles. The van der Waals surface area contributed by atoms with Crippen molar-refractivity contribution in [1.29, 1.82) is 0 Å². The van der Waals surface area contributed by atoms with E-state index in [4.69, 9.17) is 4.42 Å². The molecular formula is C11H6NO2+. The van der Waals surface area contributed by atoms with E-state index in [1.54, 1.807) is 6.26 Å². The fourth-order valence-corrected chi connectivity index (χ4v) is 1.62. The van der Waals surface area contributed by atoms with Crippen LogP contribution in [0, 0.1) is 0 Å². The van der Waals surface area contributed by atoms with E-state index in [0.29, 0.717) is 5.55 Å². The lowest BCUT2D eigenvalue weighted by Gasteiger charge is -1.87. The third kappa shape index (κ3) is 0.893. The second-order valence-electron chi connectivity index (χ2n) is 3.14. The zero-order valence-electron chi connectivity index (χ0n) is 7.23. The number of nitrogens with zero attached hydrogens (tertiary/aromatic N) is 1. The number of fused-ring (bicyclic) bond motifs is 3. The van der Waals surface area contributed by atoms with Crippen LogP contribution in [0.15, 0.2) is 39.9 Å². The van der Waals surface area contributed by atoms with Gasteiger partial charge in [-0.1, -0.05) is 18.2 Å². The van der Waals surface area contributed by atoms with Crippen molar-refractivity contribution < 1.29 is 9.21 Å². The Balaban J connectivity index is 2.65. The Labute approximate surface area is 79.0 Å². The maximum Gasteiger partial charge on any atom is 0.463 e. The van der Waals surface area contributed by atoms with E-state index in [2.05, 4.69) is 4.99 Å². The fraction of sp³-hybridized carbons (Fsp3) is 0. The number of amides is 1. The van der Waals surface area contributed by atoms with E-state index in [-0.39, 0.29) is 5.91 Å². The molecule has 1 aromatic heterocycles. The summed E-state index contributed by atoms with van der Waals surface area (Å²) in [5.41, 5.74) is 0.411. The third-order valence-electron chi connectivity index (χ3n) is 2.26. The second-order valence-corrected chi connectivity index (χ2v) is 3.14. The van der Waals surface area contributed by atoms with E-state index in [9.17, 15) is 4.79 Å². The third-order valence-corrected chi connectivity index (χ3v) is 2.26. The zero-order valence-corrected chi connectivity index (χ0v) is 7.23. The van der Waals surface area contributed by atoms with Gasteiger partial charge in [0, 0.05) is 11.5 Å². The quantitative estimate of drug-likeness (QED) is 0.564. The highest BCUT2D eigenvalue weighted by Gasteiger charge is 2.15. The molecule has 1 aliphatic rings. The van der Waals surface area contributed by atoms with Crippen molar-refractivity contribution in [3.8, 4) is 0 Å². The molecule has 2 heterocycles. The van der Waals surface area contributed by atoms with Gasteiger partial charge in [0.05, 0.1) is 5.39 Å². The van der Waals surface area contributed by atoms with Crippen LogP contribution in [-0.2, 0) is 4.79 Å². The Hall–Kier alpha value is -2.03. The van der Waals surface area contributed by atoms with Gasteiger partial charge in [-0.25, -0.2) is 0 Å². The van der Waals surface area contributed by atoms with Gasteiger partial charge in [-0.15, -0.1) is 4.99 Å². The van der Waals surface area contributed by atoms with Crippen LogP contribution >= 0.6 is 0 Å².